The Morgan fingerprint density at radius 2 is 2.18 bits per heavy atom. The number of carbonyl (C=O) groups excluding carboxylic acids is 1. The first-order chi connectivity index (χ1) is 13.6. The van der Waals surface area contributed by atoms with Crippen molar-refractivity contribution in [3.8, 4) is 0 Å². The van der Waals surface area contributed by atoms with Crippen LogP contribution < -0.4 is 5.32 Å². The summed E-state index contributed by atoms with van der Waals surface area (Å²) >= 11 is 0. The zero-order valence-corrected chi connectivity index (χ0v) is 16.2. The van der Waals surface area contributed by atoms with Crippen LogP contribution in [0.4, 0.5) is 11.4 Å². The molecule has 8 nitrogen and oxygen atoms in total. The van der Waals surface area contributed by atoms with Crippen LogP contribution in [0.25, 0.3) is 0 Å². The van der Waals surface area contributed by atoms with Gasteiger partial charge in [0.25, 0.3) is 5.69 Å². The van der Waals surface area contributed by atoms with E-state index in [1.165, 1.54) is 6.07 Å². The number of benzene rings is 1. The lowest BCUT2D eigenvalue weighted by Gasteiger charge is -2.35. The zero-order valence-electron chi connectivity index (χ0n) is 16.2. The molecular weight excluding hydrogens is 358 g/mol. The number of para-hydroxylation sites is 2. The lowest BCUT2D eigenvalue weighted by Crippen LogP contribution is -2.39. The number of hydrogen-bond donors (Lipinski definition) is 1. The number of imidazole rings is 1. The smallest absolute Gasteiger partial charge is 0.292 e. The highest BCUT2D eigenvalue weighted by molar-refractivity contribution is 5.76. The van der Waals surface area contributed by atoms with Crippen LogP contribution in [-0.4, -0.2) is 38.4 Å². The average molecular weight is 385 g/mol. The van der Waals surface area contributed by atoms with Gasteiger partial charge in [-0.05, 0) is 38.7 Å². The van der Waals surface area contributed by atoms with Crippen molar-refractivity contribution in [3.05, 3.63) is 52.6 Å². The Kier molecular flexibility index (Phi) is 6.62. The second-order valence-electron chi connectivity index (χ2n) is 6.97. The summed E-state index contributed by atoms with van der Waals surface area (Å²) in [6, 6.07) is 6.60. The summed E-state index contributed by atoms with van der Waals surface area (Å²) in [6.45, 7) is 4.19. The molecule has 1 aliphatic rings. The fraction of sp³-hybridized carbons (Fsp3) is 0.500. The van der Waals surface area contributed by atoms with E-state index in [1.54, 1.807) is 24.4 Å². The van der Waals surface area contributed by atoms with Crippen molar-refractivity contribution in [1.29, 1.82) is 0 Å². The molecule has 1 N–H and O–H groups in total. The number of aromatic nitrogens is 2. The van der Waals surface area contributed by atoms with Gasteiger partial charge in [0.2, 0.25) is 5.91 Å². The largest absolute Gasteiger partial charge is 0.379 e. The van der Waals surface area contributed by atoms with E-state index in [-0.39, 0.29) is 17.6 Å². The predicted octanol–water partition coefficient (Wildman–Crippen LogP) is 3.76. The molecule has 0 saturated carbocycles. The fourth-order valence-corrected chi connectivity index (χ4v) is 3.77. The Balaban J connectivity index is 1.56. The van der Waals surface area contributed by atoms with Crippen molar-refractivity contribution in [1.82, 2.24) is 14.5 Å². The van der Waals surface area contributed by atoms with E-state index in [1.807, 2.05) is 11.1 Å². The van der Waals surface area contributed by atoms with E-state index in [2.05, 4.69) is 21.8 Å². The summed E-state index contributed by atoms with van der Waals surface area (Å²) in [5, 5.41) is 14.1. The Morgan fingerprint density at radius 1 is 1.36 bits per heavy atom. The van der Waals surface area contributed by atoms with Crippen molar-refractivity contribution in [3.63, 3.8) is 0 Å². The number of carbonyl (C=O) groups is 1. The summed E-state index contributed by atoms with van der Waals surface area (Å²) in [7, 11) is 0. The van der Waals surface area contributed by atoms with Gasteiger partial charge in [-0.3, -0.25) is 14.9 Å². The van der Waals surface area contributed by atoms with Crippen LogP contribution in [0.2, 0.25) is 0 Å². The molecule has 150 valence electrons. The first kappa shape index (κ1) is 19.9. The summed E-state index contributed by atoms with van der Waals surface area (Å²) in [4.78, 5) is 30.0. The van der Waals surface area contributed by atoms with Gasteiger partial charge in [-0.25, -0.2) is 4.98 Å². The molecule has 28 heavy (non-hydrogen) atoms. The lowest BCUT2D eigenvalue weighted by molar-refractivity contribution is -0.384. The van der Waals surface area contributed by atoms with Crippen molar-refractivity contribution >= 4 is 17.3 Å². The van der Waals surface area contributed by atoms with Crippen LogP contribution in [0.15, 0.2) is 36.7 Å². The first-order valence-electron chi connectivity index (χ1n) is 9.89. The van der Waals surface area contributed by atoms with Gasteiger partial charge in [0.05, 0.1) is 11.0 Å². The van der Waals surface area contributed by atoms with E-state index in [9.17, 15) is 14.9 Å². The number of nitro benzene ring substituents is 1. The molecule has 1 unspecified atom stereocenters. The van der Waals surface area contributed by atoms with Crippen LogP contribution in [0.3, 0.4) is 0 Å². The summed E-state index contributed by atoms with van der Waals surface area (Å²) in [5.41, 5.74) is 0.539. The number of amides is 1. The second-order valence-corrected chi connectivity index (χ2v) is 6.97. The highest BCUT2D eigenvalue weighted by atomic mass is 16.6. The van der Waals surface area contributed by atoms with Gasteiger partial charge in [-0.15, -0.1) is 0 Å². The van der Waals surface area contributed by atoms with E-state index in [0.717, 1.165) is 38.2 Å². The summed E-state index contributed by atoms with van der Waals surface area (Å²) < 4.78 is 2.10. The number of nitro groups is 1. The highest BCUT2D eigenvalue weighted by Gasteiger charge is 2.30. The van der Waals surface area contributed by atoms with Gasteiger partial charge in [0.1, 0.15) is 11.5 Å². The third kappa shape index (κ3) is 4.49. The van der Waals surface area contributed by atoms with E-state index in [4.69, 9.17) is 0 Å². The second kappa shape index (κ2) is 9.34. The SMILES string of the molecule is CCn1ccnc1C1CCCCN1C(=O)CCCNc1ccccc1[N+](=O)[O-]. The molecule has 1 aromatic carbocycles. The number of likely N-dealkylation sites (tertiary alicyclic amines) is 1. The Bertz CT molecular complexity index is 820. The molecule has 2 aromatic rings. The molecule has 0 aliphatic carbocycles. The van der Waals surface area contributed by atoms with Crippen LogP contribution in [0, 0.1) is 10.1 Å². The maximum absolute atomic E-state index is 12.8. The number of rotatable bonds is 8. The minimum atomic E-state index is -0.401. The lowest BCUT2D eigenvalue weighted by atomic mass is 10.0. The van der Waals surface area contributed by atoms with Gasteiger partial charge in [0, 0.05) is 44.5 Å². The minimum absolute atomic E-state index is 0.0411. The molecule has 0 bridgehead atoms. The average Bonchev–Trinajstić information content (AvgIpc) is 3.20. The van der Waals surface area contributed by atoms with Crippen molar-refractivity contribution in [2.45, 2.75) is 51.6 Å². The maximum Gasteiger partial charge on any atom is 0.292 e. The van der Waals surface area contributed by atoms with Gasteiger partial charge >= 0.3 is 0 Å². The molecule has 0 radical (unpaired) electrons. The number of hydrogen-bond acceptors (Lipinski definition) is 5. The Morgan fingerprint density at radius 3 is 2.96 bits per heavy atom. The Labute approximate surface area is 164 Å². The topological polar surface area (TPSA) is 93.3 Å². The van der Waals surface area contributed by atoms with E-state index >= 15 is 0 Å². The monoisotopic (exact) mass is 385 g/mol. The molecule has 0 spiro atoms. The molecule has 1 atom stereocenters. The molecule has 1 amide bonds. The van der Waals surface area contributed by atoms with Crippen molar-refractivity contribution in [2.24, 2.45) is 0 Å². The fourth-order valence-electron chi connectivity index (χ4n) is 3.77. The standard InChI is InChI=1S/C20H27N5O3/c1-2-23-15-13-22-20(23)18-10-5-6-14-24(18)19(26)11-7-12-21-16-8-3-4-9-17(16)25(27)28/h3-4,8-9,13,15,18,21H,2,5-7,10-12,14H2,1H3. The number of anilines is 1. The van der Waals surface area contributed by atoms with Gasteiger partial charge in [-0.1, -0.05) is 12.1 Å². The van der Waals surface area contributed by atoms with Crippen molar-refractivity contribution in [2.75, 3.05) is 18.4 Å². The van der Waals surface area contributed by atoms with Gasteiger partial charge in [-0.2, -0.15) is 0 Å². The molecule has 3 rings (SSSR count). The van der Waals surface area contributed by atoms with Crippen LogP contribution in [0.5, 0.6) is 0 Å². The van der Waals surface area contributed by atoms with E-state index in [0.29, 0.717) is 25.1 Å². The van der Waals surface area contributed by atoms with Gasteiger partial charge in [0.15, 0.2) is 0 Å². The molecule has 1 aromatic heterocycles. The molecule has 8 heteroatoms. The van der Waals surface area contributed by atoms with Crippen LogP contribution >= 0.6 is 0 Å². The summed E-state index contributed by atoms with van der Waals surface area (Å²) in [5.74, 6) is 1.09. The molecular formula is C20H27N5O3. The molecule has 1 aliphatic heterocycles. The van der Waals surface area contributed by atoms with Gasteiger partial charge < -0.3 is 14.8 Å². The minimum Gasteiger partial charge on any atom is -0.379 e. The number of aryl methyl sites for hydroxylation is 1. The number of nitrogens with one attached hydrogen (secondary N) is 1. The van der Waals surface area contributed by atoms with Crippen LogP contribution in [-0.2, 0) is 11.3 Å². The molecule has 1 fully saturated rings. The number of nitrogens with zero attached hydrogens (tertiary/aromatic N) is 4. The normalized spacial score (nSPS) is 16.8. The van der Waals surface area contributed by atoms with Crippen molar-refractivity contribution < 1.29 is 9.72 Å². The third-order valence-electron chi connectivity index (χ3n) is 5.19. The maximum atomic E-state index is 12.8. The number of piperidine rings is 1. The highest BCUT2D eigenvalue weighted by Crippen LogP contribution is 2.30. The predicted molar refractivity (Wildman–Crippen MR) is 107 cm³/mol. The first-order valence-corrected chi connectivity index (χ1v) is 9.89. The quantitative estimate of drug-likeness (QED) is 0.424. The van der Waals surface area contributed by atoms with E-state index < -0.39 is 4.92 Å². The third-order valence-corrected chi connectivity index (χ3v) is 5.19. The summed E-state index contributed by atoms with van der Waals surface area (Å²) in [6.07, 6.45) is 7.86. The molecule has 1 saturated heterocycles. The zero-order chi connectivity index (χ0) is 19.9. The van der Waals surface area contributed by atoms with Crippen LogP contribution in [0.1, 0.15) is 50.9 Å². The molecule has 2 heterocycles. The Hall–Kier alpha value is -2.90.